The lowest BCUT2D eigenvalue weighted by Gasteiger charge is -2.09. The third kappa shape index (κ3) is 2.58. The van der Waals surface area contributed by atoms with Gasteiger partial charge < -0.3 is 19.7 Å². The first-order chi connectivity index (χ1) is 10.7. The number of benzene rings is 2. The lowest BCUT2D eigenvalue weighted by atomic mass is 10.1. The van der Waals surface area contributed by atoms with Gasteiger partial charge in [-0.1, -0.05) is 35.5 Å². The summed E-state index contributed by atoms with van der Waals surface area (Å²) in [5.41, 5.74) is 7.49. The number of nitrogens with zero attached hydrogens (tertiary/aromatic N) is 1. The van der Waals surface area contributed by atoms with Crippen LogP contribution in [-0.4, -0.2) is 18.2 Å². The smallest absolute Gasteiger partial charge is 0.338 e. The normalized spacial score (nSPS) is 10.6. The second kappa shape index (κ2) is 5.77. The predicted molar refractivity (Wildman–Crippen MR) is 80.5 cm³/mol. The summed E-state index contributed by atoms with van der Waals surface area (Å²) >= 11 is 0. The summed E-state index contributed by atoms with van der Waals surface area (Å²) in [5.74, 6) is 0.163. The molecule has 0 saturated heterocycles. The number of fused-ring (bicyclic) bond motifs is 1. The Kier molecular flexibility index (Phi) is 3.65. The molecule has 1 aromatic heterocycles. The summed E-state index contributed by atoms with van der Waals surface area (Å²) in [4.78, 5) is 11.7. The first-order valence-corrected chi connectivity index (χ1v) is 6.63. The van der Waals surface area contributed by atoms with Gasteiger partial charge in [-0.05, 0) is 17.7 Å². The van der Waals surface area contributed by atoms with Crippen molar-refractivity contribution in [2.24, 2.45) is 0 Å². The van der Waals surface area contributed by atoms with Gasteiger partial charge in [0.2, 0.25) is 0 Å². The van der Waals surface area contributed by atoms with Crippen LogP contribution in [-0.2, 0) is 11.3 Å². The van der Waals surface area contributed by atoms with Crippen molar-refractivity contribution in [3.8, 4) is 5.75 Å². The fourth-order valence-electron chi connectivity index (χ4n) is 2.14. The molecule has 22 heavy (non-hydrogen) atoms. The third-order valence-electron chi connectivity index (χ3n) is 3.22. The maximum atomic E-state index is 11.7. The number of carbonyl (C=O) groups excluding carboxylic acids is 1. The molecule has 0 aliphatic heterocycles. The van der Waals surface area contributed by atoms with Gasteiger partial charge in [-0.3, -0.25) is 0 Å². The molecule has 0 bridgehead atoms. The van der Waals surface area contributed by atoms with Gasteiger partial charge in [0.05, 0.1) is 12.7 Å². The number of ether oxygens (including phenoxy) is 2. The highest BCUT2D eigenvalue weighted by Gasteiger charge is 2.17. The van der Waals surface area contributed by atoms with Gasteiger partial charge in [0.25, 0.3) is 0 Å². The summed E-state index contributed by atoms with van der Waals surface area (Å²) < 4.78 is 15.6. The van der Waals surface area contributed by atoms with Crippen LogP contribution in [0.15, 0.2) is 47.0 Å². The second-order valence-electron chi connectivity index (χ2n) is 4.68. The SMILES string of the molecule is COC(=O)c1cc(OCc2ccccc2)c2c(N)noc2c1. The van der Waals surface area contributed by atoms with Crippen molar-refractivity contribution in [2.45, 2.75) is 6.61 Å². The van der Waals surface area contributed by atoms with Gasteiger partial charge in [-0.2, -0.15) is 0 Å². The van der Waals surface area contributed by atoms with Crippen LogP contribution >= 0.6 is 0 Å². The van der Waals surface area contributed by atoms with E-state index in [9.17, 15) is 4.79 Å². The number of methoxy groups -OCH3 is 1. The molecule has 1 heterocycles. The molecular weight excluding hydrogens is 284 g/mol. The van der Waals surface area contributed by atoms with E-state index in [1.165, 1.54) is 13.2 Å². The van der Waals surface area contributed by atoms with Gasteiger partial charge in [0.15, 0.2) is 11.4 Å². The zero-order valence-electron chi connectivity index (χ0n) is 11.9. The summed E-state index contributed by atoms with van der Waals surface area (Å²) in [6.45, 7) is 0.338. The Morgan fingerprint density at radius 3 is 2.77 bits per heavy atom. The highest BCUT2D eigenvalue weighted by Crippen LogP contribution is 2.33. The lowest BCUT2D eigenvalue weighted by molar-refractivity contribution is 0.0600. The largest absolute Gasteiger partial charge is 0.488 e. The first kappa shape index (κ1) is 13.9. The molecule has 0 aliphatic rings. The molecule has 0 spiro atoms. The fourth-order valence-corrected chi connectivity index (χ4v) is 2.14. The Bertz CT molecular complexity index is 812. The van der Waals surface area contributed by atoms with Crippen molar-refractivity contribution in [3.05, 3.63) is 53.6 Å². The summed E-state index contributed by atoms with van der Waals surface area (Å²) in [7, 11) is 1.31. The van der Waals surface area contributed by atoms with Gasteiger partial charge >= 0.3 is 5.97 Å². The van der Waals surface area contributed by atoms with E-state index in [0.717, 1.165) is 5.56 Å². The van der Waals surface area contributed by atoms with E-state index in [0.29, 0.717) is 28.9 Å². The molecule has 0 aliphatic carbocycles. The van der Waals surface area contributed by atoms with Crippen LogP contribution in [0.25, 0.3) is 11.0 Å². The molecule has 0 unspecified atom stereocenters. The molecule has 0 saturated carbocycles. The van der Waals surface area contributed by atoms with Crippen LogP contribution < -0.4 is 10.5 Å². The standard InChI is InChI=1S/C16H14N2O4/c1-20-16(19)11-7-12(14-13(8-11)22-18-15(14)17)21-9-10-5-3-2-4-6-10/h2-8H,9H2,1H3,(H2,17,18). The Morgan fingerprint density at radius 2 is 2.05 bits per heavy atom. The molecule has 0 fully saturated rings. The molecule has 2 aromatic carbocycles. The average molecular weight is 298 g/mol. The van der Waals surface area contributed by atoms with Gasteiger partial charge in [0.1, 0.15) is 17.7 Å². The number of rotatable bonds is 4. The number of nitrogens with two attached hydrogens (primary N) is 1. The number of carbonyl (C=O) groups is 1. The van der Waals surface area contributed by atoms with Gasteiger partial charge in [-0.15, -0.1) is 0 Å². The first-order valence-electron chi connectivity index (χ1n) is 6.63. The van der Waals surface area contributed by atoms with E-state index in [2.05, 4.69) is 5.16 Å². The number of hydrogen-bond acceptors (Lipinski definition) is 6. The molecule has 0 atom stereocenters. The second-order valence-corrected chi connectivity index (χ2v) is 4.68. The van der Waals surface area contributed by atoms with E-state index in [4.69, 9.17) is 19.7 Å². The van der Waals surface area contributed by atoms with Crippen molar-refractivity contribution >= 4 is 22.8 Å². The zero-order chi connectivity index (χ0) is 15.5. The molecule has 6 heteroatoms. The number of esters is 1. The molecule has 3 rings (SSSR count). The zero-order valence-corrected chi connectivity index (χ0v) is 11.9. The molecule has 3 aromatic rings. The molecule has 112 valence electrons. The molecule has 2 N–H and O–H groups in total. The highest BCUT2D eigenvalue weighted by atomic mass is 16.5. The molecule has 0 amide bonds. The third-order valence-corrected chi connectivity index (χ3v) is 3.22. The summed E-state index contributed by atoms with van der Waals surface area (Å²) in [6, 6.07) is 12.8. The van der Waals surface area contributed by atoms with Crippen molar-refractivity contribution in [1.82, 2.24) is 5.16 Å². The van der Waals surface area contributed by atoms with E-state index in [1.807, 2.05) is 30.3 Å². The minimum atomic E-state index is -0.485. The van der Waals surface area contributed by atoms with Gasteiger partial charge in [-0.25, -0.2) is 4.79 Å². The van der Waals surface area contributed by atoms with E-state index in [1.54, 1.807) is 6.07 Å². The number of anilines is 1. The van der Waals surface area contributed by atoms with Crippen molar-refractivity contribution in [1.29, 1.82) is 0 Å². The summed E-state index contributed by atoms with van der Waals surface area (Å²) in [6.07, 6.45) is 0. The van der Waals surface area contributed by atoms with Crippen LogP contribution in [0.5, 0.6) is 5.75 Å². The Balaban J connectivity index is 1.98. The minimum absolute atomic E-state index is 0.217. The molecule has 6 nitrogen and oxygen atoms in total. The Morgan fingerprint density at radius 1 is 1.27 bits per heavy atom. The van der Waals surface area contributed by atoms with Crippen molar-refractivity contribution < 1.29 is 18.8 Å². The molecule has 0 radical (unpaired) electrons. The minimum Gasteiger partial charge on any atom is -0.488 e. The van der Waals surface area contributed by atoms with Crippen LogP contribution in [0, 0.1) is 0 Å². The van der Waals surface area contributed by atoms with Crippen molar-refractivity contribution in [3.63, 3.8) is 0 Å². The van der Waals surface area contributed by atoms with E-state index < -0.39 is 5.97 Å². The lowest BCUT2D eigenvalue weighted by Crippen LogP contribution is -2.03. The van der Waals surface area contributed by atoms with Crippen LogP contribution in [0.4, 0.5) is 5.82 Å². The van der Waals surface area contributed by atoms with Crippen LogP contribution in [0.3, 0.4) is 0 Å². The predicted octanol–water partition coefficient (Wildman–Crippen LogP) is 2.78. The Hall–Kier alpha value is -3.02. The average Bonchev–Trinajstić information content (AvgIpc) is 2.94. The van der Waals surface area contributed by atoms with Crippen LogP contribution in [0.2, 0.25) is 0 Å². The van der Waals surface area contributed by atoms with E-state index in [-0.39, 0.29) is 5.82 Å². The topological polar surface area (TPSA) is 87.6 Å². The maximum Gasteiger partial charge on any atom is 0.338 e. The quantitative estimate of drug-likeness (QED) is 0.745. The van der Waals surface area contributed by atoms with Gasteiger partial charge in [0, 0.05) is 0 Å². The number of aromatic nitrogens is 1. The highest BCUT2D eigenvalue weighted by molar-refractivity contribution is 5.99. The maximum absolute atomic E-state index is 11.7. The van der Waals surface area contributed by atoms with Crippen molar-refractivity contribution in [2.75, 3.05) is 12.8 Å². The Labute approximate surface area is 126 Å². The number of nitrogen functional groups attached to an aromatic ring is 1. The molecular formula is C16H14N2O4. The number of hydrogen-bond donors (Lipinski definition) is 1. The fraction of sp³-hybridized carbons (Fsp3) is 0.125. The van der Waals surface area contributed by atoms with E-state index >= 15 is 0 Å². The monoisotopic (exact) mass is 298 g/mol. The van der Waals surface area contributed by atoms with Crippen LogP contribution in [0.1, 0.15) is 15.9 Å². The summed E-state index contributed by atoms with van der Waals surface area (Å²) in [5, 5.41) is 4.25.